The number of aromatic nitrogens is 1. The molecule has 2 bridgehead atoms. The van der Waals surface area contributed by atoms with Gasteiger partial charge in [-0.1, -0.05) is 57.4 Å². The van der Waals surface area contributed by atoms with Crippen LogP contribution in [0, 0.1) is 0 Å². The van der Waals surface area contributed by atoms with Crippen LogP contribution in [0.4, 0.5) is 0 Å². The fraction of sp³-hybridized carbons (Fsp3) is 0.762. The SMILES string of the molecule is [Cl][Mn][Cl].c1cc2nc(c1)C[N-][C@@H]1CCCC[C@H]1[N-]CC[N-][C@@H]1CCCC[C@H]1[N-]C2. The second-order valence-corrected chi connectivity index (χ2v) is 9.96. The molecule has 0 aromatic carbocycles. The summed E-state index contributed by atoms with van der Waals surface area (Å²) < 4.78 is 0. The maximum absolute atomic E-state index is 4.99. The second-order valence-electron chi connectivity index (χ2n) is 8.01. The molecule has 1 aliphatic heterocycles. The van der Waals surface area contributed by atoms with Crippen LogP contribution in [-0.4, -0.2) is 42.2 Å². The van der Waals surface area contributed by atoms with Gasteiger partial charge in [0.15, 0.2) is 0 Å². The van der Waals surface area contributed by atoms with Crippen molar-refractivity contribution in [2.45, 2.75) is 88.6 Å². The monoisotopic (exact) mass is 478 g/mol. The molecule has 3 aliphatic rings. The van der Waals surface area contributed by atoms with Crippen molar-refractivity contribution in [3.05, 3.63) is 50.9 Å². The minimum atomic E-state index is 0.00694. The molecule has 2 saturated carbocycles. The quantitative estimate of drug-likeness (QED) is 0.387. The van der Waals surface area contributed by atoms with Gasteiger partial charge in [0.25, 0.3) is 0 Å². The van der Waals surface area contributed by atoms with E-state index < -0.39 is 0 Å². The molecule has 0 amide bonds. The molecule has 0 unspecified atom stereocenters. The van der Waals surface area contributed by atoms with Gasteiger partial charge >= 0.3 is 33.3 Å². The van der Waals surface area contributed by atoms with Gasteiger partial charge in [-0.15, -0.1) is 13.1 Å². The number of hydrogen-bond donors (Lipinski definition) is 0. The van der Waals surface area contributed by atoms with Crippen LogP contribution in [0.1, 0.15) is 62.8 Å². The molecule has 8 heteroatoms. The van der Waals surface area contributed by atoms with E-state index in [1.165, 1.54) is 51.4 Å². The standard InChI is InChI=1S/C21H31N5.2ClH.Mn/c1-3-10-20-18(8-1)22-12-13-23-19-9-2-4-11-21(19)25-15-17-7-5-6-16(26-17)14-24-20;;;/h5-7,18-21H,1-4,8-15H2;2*1H;/q-4;;;+2/p-2/t18-,19-,20-,21-;;;/m1.../s1. The van der Waals surface area contributed by atoms with Crippen LogP contribution in [-0.2, 0) is 26.2 Å². The fourth-order valence-corrected chi connectivity index (χ4v) is 4.61. The van der Waals surface area contributed by atoms with Crippen molar-refractivity contribution in [1.29, 1.82) is 0 Å². The Bertz CT molecular complexity index is 549. The molecule has 2 aliphatic carbocycles. The summed E-state index contributed by atoms with van der Waals surface area (Å²) in [4.78, 5) is 4.81. The second kappa shape index (κ2) is 13.5. The minimum Gasteiger partial charge on any atom is -0.662 e. The van der Waals surface area contributed by atoms with E-state index >= 15 is 0 Å². The number of rotatable bonds is 0. The zero-order chi connectivity index (χ0) is 20.3. The third kappa shape index (κ3) is 7.93. The van der Waals surface area contributed by atoms with E-state index in [1.54, 1.807) is 0 Å². The maximum atomic E-state index is 4.99. The molecule has 1 aromatic heterocycles. The molecule has 0 saturated heterocycles. The van der Waals surface area contributed by atoms with Crippen molar-refractivity contribution in [3.8, 4) is 0 Å². The number of nitrogens with zero attached hydrogens (tertiary/aromatic N) is 5. The molecule has 165 valence electrons. The third-order valence-corrected chi connectivity index (χ3v) is 6.06. The largest absolute Gasteiger partial charge is 0.662 e. The first-order valence-electron chi connectivity index (χ1n) is 10.8. The van der Waals surface area contributed by atoms with Crippen molar-refractivity contribution in [1.82, 2.24) is 4.98 Å². The zero-order valence-electron chi connectivity index (χ0n) is 16.9. The van der Waals surface area contributed by atoms with E-state index in [2.05, 4.69) is 18.2 Å². The van der Waals surface area contributed by atoms with Crippen LogP contribution in [0.2, 0.25) is 0 Å². The van der Waals surface area contributed by atoms with Crippen LogP contribution in [0.25, 0.3) is 21.3 Å². The molecule has 4 rings (SSSR count). The molecule has 2 heterocycles. The first-order chi connectivity index (χ1) is 14.3. The van der Waals surface area contributed by atoms with Crippen LogP contribution in [0.15, 0.2) is 18.2 Å². The topological polar surface area (TPSA) is 69.3 Å². The summed E-state index contributed by atoms with van der Waals surface area (Å²) in [6, 6.07) is 7.81. The molecule has 0 radical (unpaired) electrons. The summed E-state index contributed by atoms with van der Waals surface area (Å²) in [5.41, 5.74) is 2.14. The van der Waals surface area contributed by atoms with Gasteiger partial charge in [0.05, 0.1) is 0 Å². The average molecular weight is 479 g/mol. The van der Waals surface area contributed by atoms with E-state index in [1.807, 2.05) is 0 Å². The van der Waals surface area contributed by atoms with Gasteiger partial charge < -0.3 is 21.3 Å². The smallest absolute Gasteiger partial charge is 0.0201 e. The Labute approximate surface area is 190 Å². The summed E-state index contributed by atoms with van der Waals surface area (Å²) in [6.45, 7) is 3.12. The van der Waals surface area contributed by atoms with Crippen molar-refractivity contribution in [3.63, 3.8) is 0 Å². The molecule has 29 heavy (non-hydrogen) atoms. The molecule has 1 aromatic rings. The number of halogens is 2. The van der Waals surface area contributed by atoms with Gasteiger partial charge in [-0.3, -0.25) is 4.98 Å². The summed E-state index contributed by atoms with van der Waals surface area (Å²) in [5.74, 6) is 0. The van der Waals surface area contributed by atoms with Crippen LogP contribution < -0.4 is 0 Å². The van der Waals surface area contributed by atoms with Crippen LogP contribution in [0.3, 0.4) is 0 Å². The number of pyridine rings is 1. The Morgan fingerprint density at radius 2 is 1.07 bits per heavy atom. The summed E-state index contributed by atoms with van der Waals surface area (Å²) in [6.07, 6.45) is 9.84. The average Bonchev–Trinajstić information content (AvgIpc) is 2.76. The molecule has 0 N–H and O–H groups in total. The molecular weight excluding hydrogens is 448 g/mol. The Kier molecular flexibility index (Phi) is 11.0. The van der Waals surface area contributed by atoms with E-state index in [-0.39, 0.29) is 13.1 Å². The maximum Gasteiger partial charge on any atom is 0.0201 e. The molecule has 4 atom stereocenters. The van der Waals surface area contributed by atoms with E-state index in [9.17, 15) is 0 Å². The van der Waals surface area contributed by atoms with Crippen molar-refractivity contribution in [2.75, 3.05) is 13.1 Å². The summed E-state index contributed by atoms with van der Waals surface area (Å²) in [5, 5.41) is 19.9. The Morgan fingerprint density at radius 1 is 0.690 bits per heavy atom. The summed E-state index contributed by atoms with van der Waals surface area (Å²) >= 11 is 0.00694. The van der Waals surface area contributed by atoms with Gasteiger partial charge in [0, 0.05) is 11.4 Å². The Hall–Kier alpha value is 0.0895. The molecular formula is C21H31Cl2MnN5-4. The molecule has 0 spiro atoms. The van der Waals surface area contributed by atoms with Gasteiger partial charge in [0.1, 0.15) is 0 Å². The van der Waals surface area contributed by atoms with E-state index in [4.69, 9.17) is 46.4 Å². The predicted molar refractivity (Wildman–Crippen MR) is 119 cm³/mol. The zero-order valence-corrected chi connectivity index (χ0v) is 19.6. The normalized spacial score (nSPS) is 31.1. The first-order valence-corrected chi connectivity index (χ1v) is 14.0. The number of hydrogen-bond acceptors (Lipinski definition) is 1. The third-order valence-electron chi connectivity index (χ3n) is 6.06. The van der Waals surface area contributed by atoms with Crippen molar-refractivity contribution in [2.24, 2.45) is 0 Å². The van der Waals surface area contributed by atoms with Gasteiger partial charge in [-0.2, -0.15) is 37.3 Å². The van der Waals surface area contributed by atoms with E-state index in [0.717, 1.165) is 24.5 Å². The Balaban J connectivity index is 0.000000755. The van der Waals surface area contributed by atoms with Crippen molar-refractivity contribution < 1.29 is 13.1 Å². The van der Waals surface area contributed by atoms with E-state index in [0.29, 0.717) is 37.3 Å². The van der Waals surface area contributed by atoms with Crippen LogP contribution in [0.5, 0.6) is 0 Å². The van der Waals surface area contributed by atoms with Gasteiger partial charge in [-0.25, -0.2) is 0 Å². The fourth-order valence-electron chi connectivity index (χ4n) is 4.61. The first kappa shape index (κ1) is 23.7. The van der Waals surface area contributed by atoms with Crippen molar-refractivity contribution >= 4 is 20.2 Å². The predicted octanol–water partition coefficient (Wildman–Crippen LogP) is 6.59. The molecule has 2 fully saturated rings. The molecule has 5 nitrogen and oxygen atoms in total. The number of fused-ring (bicyclic) bond motifs is 4. The van der Waals surface area contributed by atoms with Gasteiger partial charge in [-0.05, 0) is 12.1 Å². The minimum absolute atomic E-state index is 0.00694. The van der Waals surface area contributed by atoms with Gasteiger partial charge in [0.2, 0.25) is 0 Å². The van der Waals surface area contributed by atoms with Crippen LogP contribution >= 0.6 is 20.2 Å². The summed E-state index contributed by atoms with van der Waals surface area (Å²) in [7, 11) is 9.59. The Morgan fingerprint density at radius 3 is 1.48 bits per heavy atom.